The van der Waals surface area contributed by atoms with Crippen LogP contribution in [0.4, 0.5) is 0 Å². The van der Waals surface area contributed by atoms with Gasteiger partial charge in [0.1, 0.15) is 11.2 Å². The molecule has 122 valence electrons. The number of carbonyl (C=O) groups is 1. The molecular formula is C15H27NO3S2. The fourth-order valence-electron chi connectivity index (χ4n) is 3.35. The van der Waals surface area contributed by atoms with Gasteiger partial charge in [0.25, 0.3) is 0 Å². The minimum absolute atomic E-state index is 0.00593. The van der Waals surface area contributed by atoms with Crippen LogP contribution in [-0.4, -0.2) is 54.8 Å². The van der Waals surface area contributed by atoms with E-state index in [1.54, 1.807) is 18.7 Å². The second kappa shape index (κ2) is 6.59. The van der Waals surface area contributed by atoms with Crippen molar-refractivity contribution in [3.63, 3.8) is 0 Å². The lowest BCUT2D eigenvalue weighted by molar-refractivity contribution is -0.127. The summed E-state index contributed by atoms with van der Waals surface area (Å²) in [5.74, 6) is 2.10. The van der Waals surface area contributed by atoms with Gasteiger partial charge in [-0.1, -0.05) is 20.8 Å². The van der Waals surface area contributed by atoms with Gasteiger partial charge in [-0.15, -0.1) is 0 Å². The van der Waals surface area contributed by atoms with Crippen molar-refractivity contribution in [2.75, 3.05) is 30.3 Å². The van der Waals surface area contributed by atoms with Gasteiger partial charge in [-0.3, -0.25) is 9.69 Å². The molecule has 1 aliphatic heterocycles. The smallest absolute Gasteiger partial charge is 0.166 e. The van der Waals surface area contributed by atoms with Crippen molar-refractivity contribution >= 4 is 27.4 Å². The predicted molar refractivity (Wildman–Crippen MR) is 88.3 cm³/mol. The van der Waals surface area contributed by atoms with Gasteiger partial charge in [0.15, 0.2) is 9.84 Å². The van der Waals surface area contributed by atoms with E-state index in [4.69, 9.17) is 0 Å². The molecular weight excluding hydrogens is 306 g/mol. The van der Waals surface area contributed by atoms with Crippen molar-refractivity contribution in [3.05, 3.63) is 0 Å². The zero-order chi connectivity index (χ0) is 15.7. The maximum Gasteiger partial charge on any atom is 0.166 e. The van der Waals surface area contributed by atoms with Crippen molar-refractivity contribution in [3.8, 4) is 0 Å². The zero-order valence-corrected chi connectivity index (χ0v) is 14.9. The van der Waals surface area contributed by atoms with Crippen LogP contribution in [0.1, 0.15) is 40.0 Å². The molecule has 2 fully saturated rings. The van der Waals surface area contributed by atoms with Crippen molar-refractivity contribution in [1.29, 1.82) is 0 Å². The molecule has 0 N–H and O–H groups in total. The minimum atomic E-state index is -3.07. The lowest BCUT2D eigenvalue weighted by Gasteiger charge is -2.40. The highest BCUT2D eigenvalue weighted by atomic mass is 32.2. The van der Waals surface area contributed by atoms with E-state index in [1.165, 1.54) is 0 Å². The van der Waals surface area contributed by atoms with E-state index in [0.717, 1.165) is 25.1 Å². The van der Waals surface area contributed by atoms with E-state index in [-0.39, 0.29) is 17.1 Å². The Morgan fingerprint density at radius 3 is 2.76 bits per heavy atom. The Labute approximate surface area is 133 Å². The van der Waals surface area contributed by atoms with Gasteiger partial charge in [0.2, 0.25) is 0 Å². The Balaban J connectivity index is 2.10. The summed E-state index contributed by atoms with van der Waals surface area (Å²) in [6.07, 6.45) is 2.48. The largest absolute Gasteiger partial charge is 0.299 e. The summed E-state index contributed by atoms with van der Waals surface area (Å²) in [6, 6.07) is 0. The summed E-state index contributed by atoms with van der Waals surface area (Å²) < 4.78 is 24.6. The predicted octanol–water partition coefficient (Wildman–Crippen LogP) is 2.19. The monoisotopic (exact) mass is 333 g/mol. The molecule has 0 amide bonds. The molecule has 6 heteroatoms. The highest BCUT2D eigenvalue weighted by Crippen LogP contribution is 2.37. The first-order chi connectivity index (χ1) is 9.75. The van der Waals surface area contributed by atoms with Gasteiger partial charge in [-0.25, -0.2) is 8.42 Å². The maximum absolute atomic E-state index is 12.3. The number of thioether (sulfide) groups is 1. The Kier molecular flexibility index (Phi) is 5.42. The molecule has 1 aliphatic carbocycles. The molecule has 2 unspecified atom stereocenters. The van der Waals surface area contributed by atoms with E-state index in [1.807, 2.05) is 0 Å². The fraction of sp³-hybridized carbons (Fsp3) is 0.933. The summed E-state index contributed by atoms with van der Waals surface area (Å²) in [6.45, 7) is 7.52. The minimum Gasteiger partial charge on any atom is -0.299 e. The molecule has 0 aromatic rings. The molecule has 0 radical (unpaired) electrons. The molecule has 0 bridgehead atoms. The summed E-state index contributed by atoms with van der Waals surface area (Å²) in [7, 11) is -3.07. The van der Waals surface area contributed by atoms with Gasteiger partial charge < -0.3 is 0 Å². The second-order valence-corrected chi connectivity index (χ2v) is 10.6. The van der Waals surface area contributed by atoms with E-state index in [0.29, 0.717) is 24.5 Å². The molecule has 1 heterocycles. The summed E-state index contributed by atoms with van der Waals surface area (Å²) in [4.78, 5) is 14.3. The van der Waals surface area contributed by atoms with Crippen LogP contribution in [0.25, 0.3) is 0 Å². The first-order valence-corrected chi connectivity index (χ1v) is 10.7. The highest BCUT2D eigenvalue weighted by molar-refractivity contribution is 8.01. The first kappa shape index (κ1) is 17.3. The Morgan fingerprint density at radius 1 is 1.38 bits per heavy atom. The Hall–Kier alpha value is -0.0700. The average Bonchev–Trinajstić information content (AvgIpc) is 2.43. The third-order valence-corrected chi connectivity index (χ3v) is 8.10. The fourth-order valence-corrected chi connectivity index (χ4v) is 6.44. The molecule has 2 aliphatic rings. The van der Waals surface area contributed by atoms with Crippen molar-refractivity contribution in [2.24, 2.45) is 11.3 Å². The lowest BCUT2D eigenvalue weighted by Crippen LogP contribution is -2.51. The van der Waals surface area contributed by atoms with Crippen LogP contribution < -0.4 is 0 Å². The van der Waals surface area contributed by atoms with Crippen LogP contribution in [0.5, 0.6) is 0 Å². The lowest BCUT2D eigenvalue weighted by atomic mass is 9.71. The van der Waals surface area contributed by atoms with Crippen LogP contribution in [0.3, 0.4) is 0 Å². The van der Waals surface area contributed by atoms with Crippen molar-refractivity contribution in [1.82, 2.24) is 4.90 Å². The molecule has 0 aromatic heterocycles. The second-order valence-electron chi connectivity index (χ2n) is 7.01. The number of ketones is 1. The molecule has 21 heavy (non-hydrogen) atoms. The topological polar surface area (TPSA) is 54.5 Å². The third kappa shape index (κ3) is 4.23. The average molecular weight is 334 g/mol. The van der Waals surface area contributed by atoms with Crippen LogP contribution in [0, 0.1) is 11.3 Å². The summed E-state index contributed by atoms with van der Waals surface area (Å²) in [5.41, 5.74) is 0.197. The highest BCUT2D eigenvalue weighted by Gasteiger charge is 2.38. The maximum atomic E-state index is 12.3. The van der Waals surface area contributed by atoms with Gasteiger partial charge >= 0.3 is 0 Å². The normalized spacial score (nSPS) is 31.3. The molecule has 0 spiro atoms. The Morgan fingerprint density at radius 2 is 2.10 bits per heavy atom. The van der Waals surface area contributed by atoms with E-state index in [9.17, 15) is 13.2 Å². The molecule has 2 rings (SSSR count). The standard InChI is InChI=1S/C15H27NO3S2/c1-4-21(18,19)14-11-20-8-7-16(14)10-12-9-15(2,3)6-5-13(12)17/h12,14H,4-11H2,1-3H3. The molecule has 1 saturated heterocycles. The van der Waals surface area contributed by atoms with Gasteiger partial charge in [-0.2, -0.15) is 11.8 Å². The van der Waals surface area contributed by atoms with Gasteiger partial charge in [0.05, 0.1) is 0 Å². The summed E-state index contributed by atoms with van der Waals surface area (Å²) >= 11 is 1.71. The van der Waals surface area contributed by atoms with Crippen LogP contribution in [-0.2, 0) is 14.6 Å². The number of rotatable bonds is 4. The zero-order valence-electron chi connectivity index (χ0n) is 13.3. The quantitative estimate of drug-likeness (QED) is 0.789. The third-order valence-electron chi connectivity index (χ3n) is 4.76. The number of hydrogen-bond acceptors (Lipinski definition) is 5. The number of hydrogen-bond donors (Lipinski definition) is 0. The van der Waals surface area contributed by atoms with Crippen LogP contribution >= 0.6 is 11.8 Å². The van der Waals surface area contributed by atoms with Gasteiger partial charge in [-0.05, 0) is 18.3 Å². The summed E-state index contributed by atoms with van der Waals surface area (Å²) in [5, 5.41) is -0.404. The number of sulfone groups is 1. The van der Waals surface area contributed by atoms with Crippen molar-refractivity contribution in [2.45, 2.75) is 45.4 Å². The van der Waals surface area contributed by atoms with Gasteiger partial charge in [0, 0.05) is 42.7 Å². The van der Waals surface area contributed by atoms with Crippen molar-refractivity contribution < 1.29 is 13.2 Å². The number of nitrogens with zero attached hydrogens (tertiary/aromatic N) is 1. The van der Waals surface area contributed by atoms with E-state index >= 15 is 0 Å². The van der Waals surface area contributed by atoms with Crippen LogP contribution in [0.15, 0.2) is 0 Å². The Bertz CT molecular complexity index is 487. The number of carbonyl (C=O) groups excluding carboxylic acids is 1. The van der Waals surface area contributed by atoms with E-state index < -0.39 is 15.2 Å². The first-order valence-electron chi connectivity index (χ1n) is 7.81. The molecule has 4 nitrogen and oxygen atoms in total. The van der Waals surface area contributed by atoms with Crippen LogP contribution in [0.2, 0.25) is 0 Å². The molecule has 1 saturated carbocycles. The van der Waals surface area contributed by atoms with E-state index in [2.05, 4.69) is 18.7 Å². The number of Topliss-reactive ketones (excluding diaryl/α,β-unsaturated/α-hetero) is 1. The SMILES string of the molecule is CCS(=O)(=O)C1CSCCN1CC1CC(C)(C)CCC1=O. The molecule has 0 aromatic carbocycles. The molecule has 2 atom stereocenters.